The van der Waals surface area contributed by atoms with E-state index < -0.39 is 53.2 Å². The van der Waals surface area contributed by atoms with E-state index in [2.05, 4.69) is 4.99 Å². The average molecular weight is 713 g/mol. The Balaban J connectivity index is -0.00000116. The molecule has 0 heterocycles. The van der Waals surface area contributed by atoms with Gasteiger partial charge in [0.1, 0.15) is 28.0 Å². The van der Waals surface area contributed by atoms with E-state index in [4.69, 9.17) is 30.4 Å². The van der Waals surface area contributed by atoms with E-state index in [1.807, 2.05) is 41.5 Å². The Kier molecular flexibility index (Phi) is 22.2. The molecule has 0 bridgehead atoms. The van der Waals surface area contributed by atoms with E-state index in [-0.39, 0.29) is 36.0 Å². The number of carbonyl (C=O) groups is 5. The van der Waals surface area contributed by atoms with E-state index in [1.165, 1.54) is 14.0 Å². The van der Waals surface area contributed by atoms with Crippen molar-refractivity contribution in [2.24, 2.45) is 27.8 Å². The largest absolute Gasteiger partial charge is 0.468 e. The number of alkyl halides is 3. The van der Waals surface area contributed by atoms with Gasteiger partial charge in [-0.25, -0.2) is 14.6 Å². The number of hydrogen-bond acceptors (Lipinski definition) is 11. The minimum Gasteiger partial charge on any atom is -0.468 e. The number of Topliss-reactive ketones (excluding diaryl/α,β-unsaturated/α-hetero) is 1. The highest BCUT2D eigenvalue weighted by Gasteiger charge is 2.44. The minimum atomic E-state index is -3.67. The van der Waals surface area contributed by atoms with Crippen LogP contribution in [0.15, 0.2) is 16.9 Å². The first-order valence-corrected chi connectivity index (χ1v) is 15.8. The SMILES string of the molecule is CCC(C)C(=O)OC(C)(C)C.CCCCC(C/C(N)=C/N=C(N)N(C(=O)OC(C)(C)C)C(=O)OC(C)(C)C)(C(C)=O)C(=O)OC.FC(F)F. The van der Waals surface area contributed by atoms with Crippen molar-refractivity contribution in [3.63, 3.8) is 0 Å². The lowest BCUT2D eigenvalue weighted by Gasteiger charge is -2.28. The number of methoxy groups -OCH3 is 1. The molecular formula is C33H59F3N4O9. The number of amides is 2. The number of ether oxygens (including phenoxy) is 4. The van der Waals surface area contributed by atoms with Crippen molar-refractivity contribution in [2.45, 2.75) is 146 Å². The maximum Gasteiger partial charge on any atom is 0.427 e. The van der Waals surface area contributed by atoms with E-state index in [1.54, 1.807) is 41.5 Å². The predicted octanol–water partition coefficient (Wildman–Crippen LogP) is 7.15. The van der Waals surface area contributed by atoms with Crippen LogP contribution in [0.25, 0.3) is 0 Å². The molecule has 0 saturated carbocycles. The second-order valence-corrected chi connectivity index (χ2v) is 14.0. The van der Waals surface area contributed by atoms with Crippen LogP contribution in [0, 0.1) is 11.3 Å². The number of halogens is 3. The summed E-state index contributed by atoms with van der Waals surface area (Å²) in [5.74, 6) is -1.74. The van der Waals surface area contributed by atoms with Gasteiger partial charge in [0.15, 0.2) is 0 Å². The number of hydrogen-bond donors (Lipinski definition) is 2. The number of unbranched alkanes of at least 4 members (excludes halogenated alkanes) is 1. The Hall–Kier alpha value is -3.85. The Morgan fingerprint density at radius 3 is 1.53 bits per heavy atom. The van der Waals surface area contributed by atoms with Crippen molar-refractivity contribution in [1.82, 2.24) is 4.90 Å². The van der Waals surface area contributed by atoms with Gasteiger partial charge in [-0.05, 0) is 82.1 Å². The van der Waals surface area contributed by atoms with Crippen molar-refractivity contribution in [3.05, 3.63) is 11.9 Å². The summed E-state index contributed by atoms with van der Waals surface area (Å²) in [6.07, 6.45) is 1.14. The summed E-state index contributed by atoms with van der Waals surface area (Å²) in [6.45, 7) is 18.8. The fourth-order valence-corrected chi connectivity index (χ4v) is 3.43. The van der Waals surface area contributed by atoms with Crippen molar-refractivity contribution in [3.8, 4) is 0 Å². The summed E-state index contributed by atoms with van der Waals surface area (Å²) >= 11 is 0. The molecule has 0 radical (unpaired) electrons. The number of nitrogens with zero attached hydrogens (tertiary/aromatic N) is 2. The van der Waals surface area contributed by atoms with Crippen molar-refractivity contribution in [1.29, 1.82) is 0 Å². The first kappa shape index (κ1) is 49.5. The van der Waals surface area contributed by atoms with E-state index in [0.717, 1.165) is 19.0 Å². The smallest absolute Gasteiger partial charge is 0.427 e. The fraction of sp³-hybridized carbons (Fsp3) is 0.758. The lowest BCUT2D eigenvalue weighted by Crippen LogP contribution is -2.49. The molecular weight excluding hydrogens is 653 g/mol. The van der Waals surface area contributed by atoms with Crippen LogP contribution in [-0.4, -0.2) is 71.4 Å². The number of nitrogens with two attached hydrogens (primary N) is 2. The molecule has 286 valence electrons. The molecule has 0 saturated heterocycles. The predicted molar refractivity (Wildman–Crippen MR) is 180 cm³/mol. The standard InChI is InChI=1S/C23H40N4O7.C9H18O2.CHF3/c1-10-11-12-23(15(2)28,17(29)32-9)13-16(24)14-26-18(25)27(19(30)33-21(3,4)5)20(31)34-22(6,7)8;1-6-7(2)8(10)11-9(3,4)5;2-1(3)4/h14H,10-13,24H2,1-9H3,(H2,25,26);7H,6H2,1-5H3;1H/b16-14-;;. The van der Waals surface area contributed by atoms with Crippen LogP contribution in [0.4, 0.5) is 22.8 Å². The molecule has 2 atom stereocenters. The number of rotatable bonds is 10. The normalized spacial score (nSPS) is 14.1. The molecule has 0 aromatic carbocycles. The zero-order valence-corrected chi connectivity index (χ0v) is 31.6. The minimum absolute atomic E-state index is 0.0213. The highest BCUT2D eigenvalue weighted by atomic mass is 19.4. The van der Waals surface area contributed by atoms with Gasteiger partial charge < -0.3 is 30.4 Å². The van der Waals surface area contributed by atoms with Crippen molar-refractivity contribution >= 4 is 35.9 Å². The molecule has 0 spiro atoms. The van der Waals surface area contributed by atoms with Gasteiger partial charge in [0.2, 0.25) is 5.96 Å². The van der Waals surface area contributed by atoms with Gasteiger partial charge in [0.25, 0.3) is 0 Å². The van der Waals surface area contributed by atoms with Crippen LogP contribution < -0.4 is 11.5 Å². The van der Waals surface area contributed by atoms with Crippen molar-refractivity contribution in [2.75, 3.05) is 7.11 Å². The first-order chi connectivity index (χ1) is 22.0. The topological polar surface area (TPSA) is 190 Å². The maximum atomic E-state index is 12.6. The average Bonchev–Trinajstić information content (AvgIpc) is 2.90. The summed E-state index contributed by atoms with van der Waals surface area (Å²) in [6, 6.07) is 0. The molecule has 49 heavy (non-hydrogen) atoms. The third kappa shape index (κ3) is 23.2. The van der Waals surface area contributed by atoms with Crippen LogP contribution in [-0.2, 0) is 33.3 Å². The van der Waals surface area contributed by atoms with Gasteiger partial charge in [-0.1, -0.05) is 33.6 Å². The second-order valence-electron chi connectivity index (χ2n) is 14.0. The summed E-state index contributed by atoms with van der Waals surface area (Å²) < 4.78 is 49.5. The molecule has 0 aliphatic carbocycles. The van der Waals surface area contributed by atoms with Crippen LogP contribution in [0.2, 0.25) is 0 Å². The monoisotopic (exact) mass is 712 g/mol. The lowest BCUT2D eigenvalue weighted by molar-refractivity contribution is -0.160. The van der Waals surface area contributed by atoms with Gasteiger partial charge in [0.05, 0.1) is 13.0 Å². The number of guanidine groups is 1. The number of ketones is 1. The molecule has 0 aromatic rings. The van der Waals surface area contributed by atoms with E-state index in [9.17, 15) is 37.1 Å². The molecule has 13 nitrogen and oxygen atoms in total. The van der Waals surface area contributed by atoms with Gasteiger partial charge in [0, 0.05) is 18.3 Å². The summed E-state index contributed by atoms with van der Waals surface area (Å²) in [4.78, 5) is 65.7. The number of imide groups is 1. The van der Waals surface area contributed by atoms with Gasteiger partial charge in [-0.3, -0.25) is 14.4 Å². The quantitative estimate of drug-likeness (QED) is 0.0769. The molecule has 4 N–H and O–H groups in total. The highest BCUT2D eigenvalue weighted by molar-refractivity contribution is 6.07. The van der Waals surface area contributed by atoms with Crippen LogP contribution in [0.1, 0.15) is 122 Å². The zero-order valence-electron chi connectivity index (χ0n) is 31.6. The Labute approximate surface area is 289 Å². The fourth-order valence-electron chi connectivity index (χ4n) is 3.43. The summed E-state index contributed by atoms with van der Waals surface area (Å²) in [7, 11) is 1.20. The summed E-state index contributed by atoms with van der Waals surface area (Å²) in [5.41, 5.74) is 8.31. The third-order valence-corrected chi connectivity index (χ3v) is 5.88. The Morgan fingerprint density at radius 2 is 1.22 bits per heavy atom. The van der Waals surface area contributed by atoms with Gasteiger partial charge >= 0.3 is 30.8 Å². The number of aliphatic imine (C=N–C) groups is 1. The summed E-state index contributed by atoms with van der Waals surface area (Å²) in [5, 5.41) is 0. The third-order valence-electron chi connectivity index (χ3n) is 5.88. The Morgan fingerprint density at radius 1 is 0.816 bits per heavy atom. The molecule has 2 amide bonds. The van der Waals surface area contributed by atoms with E-state index >= 15 is 0 Å². The molecule has 0 aromatic heterocycles. The van der Waals surface area contributed by atoms with Crippen LogP contribution >= 0.6 is 0 Å². The number of carbonyl (C=O) groups excluding carboxylic acids is 5. The molecule has 0 rings (SSSR count). The maximum absolute atomic E-state index is 12.6. The highest BCUT2D eigenvalue weighted by Crippen LogP contribution is 2.34. The number of allylic oxidation sites excluding steroid dienone is 1. The van der Waals surface area contributed by atoms with Gasteiger partial charge in [-0.2, -0.15) is 13.2 Å². The zero-order chi connectivity index (χ0) is 39.6. The molecule has 0 aliphatic rings. The first-order valence-electron chi connectivity index (χ1n) is 15.8. The van der Waals surface area contributed by atoms with Crippen molar-refractivity contribution < 1.29 is 56.1 Å². The van der Waals surface area contributed by atoms with Gasteiger partial charge in [-0.15, -0.1) is 4.90 Å². The number of esters is 2. The Bertz CT molecular complexity index is 1110. The van der Waals surface area contributed by atoms with Crippen LogP contribution in [0.3, 0.4) is 0 Å². The molecule has 0 fully saturated rings. The van der Waals surface area contributed by atoms with Crippen LogP contribution in [0.5, 0.6) is 0 Å². The molecule has 0 aliphatic heterocycles. The molecule has 16 heteroatoms. The van der Waals surface area contributed by atoms with E-state index in [0.29, 0.717) is 11.3 Å². The molecule has 2 unspecified atom stereocenters. The lowest BCUT2D eigenvalue weighted by atomic mass is 9.75. The second kappa shape index (κ2) is 22.0.